The van der Waals surface area contributed by atoms with Crippen LogP contribution in [-0.2, 0) is 11.2 Å². The zero-order valence-electron chi connectivity index (χ0n) is 17.9. The van der Waals surface area contributed by atoms with Crippen LogP contribution in [-0.4, -0.2) is 58.9 Å². The number of rotatable bonds is 5. The molecule has 0 bridgehead atoms. The fourth-order valence-corrected chi connectivity index (χ4v) is 4.71. The standard InChI is InChI=1S/C22H27N5O2S/c1-15-14-30-22(23-15)27-17(3)18(16(2)24-27)13-21(28)26-11-9-25(10-12-26)19-7-5-6-8-20(19)29-4/h5-8,14H,9-13H2,1-4H3. The second-order valence-electron chi connectivity index (χ2n) is 7.55. The summed E-state index contributed by atoms with van der Waals surface area (Å²) < 4.78 is 7.34. The van der Waals surface area contributed by atoms with Crippen LogP contribution < -0.4 is 9.64 Å². The third-order valence-electron chi connectivity index (χ3n) is 5.62. The molecule has 4 rings (SSSR count). The molecule has 1 aromatic carbocycles. The van der Waals surface area contributed by atoms with Crippen molar-refractivity contribution in [2.45, 2.75) is 27.2 Å². The SMILES string of the molecule is COc1ccccc1N1CCN(C(=O)Cc2c(C)nn(-c3nc(C)cs3)c2C)CC1. The summed E-state index contributed by atoms with van der Waals surface area (Å²) >= 11 is 1.57. The third-order valence-corrected chi connectivity index (χ3v) is 6.55. The highest BCUT2D eigenvalue weighted by Crippen LogP contribution is 2.28. The Bertz CT molecular complexity index is 1050. The van der Waals surface area contributed by atoms with Crippen LogP contribution in [0.1, 0.15) is 22.6 Å². The molecule has 7 nitrogen and oxygen atoms in total. The van der Waals surface area contributed by atoms with Crippen LogP contribution in [0.15, 0.2) is 29.6 Å². The summed E-state index contributed by atoms with van der Waals surface area (Å²) in [6.45, 7) is 8.94. The molecule has 1 fully saturated rings. The van der Waals surface area contributed by atoms with Gasteiger partial charge in [0.05, 0.1) is 30.6 Å². The van der Waals surface area contributed by atoms with Crippen LogP contribution in [0.25, 0.3) is 5.13 Å². The molecule has 2 aromatic heterocycles. The highest BCUT2D eigenvalue weighted by molar-refractivity contribution is 7.12. The first kappa shape index (κ1) is 20.4. The average Bonchev–Trinajstić information content (AvgIpc) is 3.31. The molecular formula is C22H27N5O2S. The van der Waals surface area contributed by atoms with Crippen LogP contribution in [0.5, 0.6) is 5.75 Å². The minimum Gasteiger partial charge on any atom is -0.495 e. The van der Waals surface area contributed by atoms with Crippen molar-refractivity contribution in [1.29, 1.82) is 0 Å². The van der Waals surface area contributed by atoms with Gasteiger partial charge < -0.3 is 14.5 Å². The monoisotopic (exact) mass is 425 g/mol. The molecule has 0 N–H and O–H groups in total. The summed E-state index contributed by atoms with van der Waals surface area (Å²) in [5.74, 6) is 1.02. The van der Waals surface area contributed by atoms with E-state index in [0.717, 1.165) is 52.3 Å². The molecule has 3 aromatic rings. The molecule has 30 heavy (non-hydrogen) atoms. The third kappa shape index (κ3) is 3.92. The Morgan fingerprint density at radius 1 is 1.13 bits per heavy atom. The first-order valence-corrected chi connectivity index (χ1v) is 11.0. The number of carbonyl (C=O) groups excluding carboxylic acids is 1. The van der Waals surface area contributed by atoms with E-state index < -0.39 is 0 Å². The lowest BCUT2D eigenvalue weighted by Crippen LogP contribution is -2.49. The van der Waals surface area contributed by atoms with Crippen molar-refractivity contribution in [1.82, 2.24) is 19.7 Å². The van der Waals surface area contributed by atoms with E-state index in [4.69, 9.17) is 4.74 Å². The van der Waals surface area contributed by atoms with Crippen molar-refractivity contribution in [2.75, 3.05) is 38.2 Å². The molecule has 1 amide bonds. The van der Waals surface area contributed by atoms with Crippen molar-refractivity contribution in [3.63, 3.8) is 0 Å². The van der Waals surface area contributed by atoms with Gasteiger partial charge in [-0.15, -0.1) is 11.3 Å². The molecule has 1 saturated heterocycles. The lowest BCUT2D eigenvalue weighted by molar-refractivity contribution is -0.130. The van der Waals surface area contributed by atoms with Gasteiger partial charge in [-0.3, -0.25) is 4.79 Å². The zero-order chi connectivity index (χ0) is 21.3. The van der Waals surface area contributed by atoms with E-state index in [2.05, 4.69) is 21.0 Å². The van der Waals surface area contributed by atoms with Gasteiger partial charge in [0.2, 0.25) is 11.0 Å². The smallest absolute Gasteiger partial charge is 0.227 e. The van der Waals surface area contributed by atoms with E-state index in [1.54, 1.807) is 18.4 Å². The number of aryl methyl sites for hydroxylation is 2. The Morgan fingerprint density at radius 3 is 2.53 bits per heavy atom. The van der Waals surface area contributed by atoms with E-state index in [-0.39, 0.29) is 5.91 Å². The van der Waals surface area contributed by atoms with Gasteiger partial charge in [0.15, 0.2) is 0 Å². The highest BCUT2D eigenvalue weighted by atomic mass is 32.1. The van der Waals surface area contributed by atoms with Gasteiger partial charge in [-0.05, 0) is 32.9 Å². The molecule has 1 aliphatic rings. The van der Waals surface area contributed by atoms with Gasteiger partial charge in [0.1, 0.15) is 5.75 Å². The van der Waals surface area contributed by atoms with Crippen LogP contribution in [0.4, 0.5) is 5.69 Å². The molecule has 8 heteroatoms. The number of nitrogens with zero attached hydrogens (tertiary/aromatic N) is 5. The minimum absolute atomic E-state index is 0.149. The van der Waals surface area contributed by atoms with E-state index in [0.29, 0.717) is 19.5 Å². The van der Waals surface area contributed by atoms with E-state index >= 15 is 0 Å². The van der Waals surface area contributed by atoms with Crippen molar-refractivity contribution in [3.05, 3.63) is 52.3 Å². The summed E-state index contributed by atoms with van der Waals surface area (Å²) in [6.07, 6.45) is 0.372. The zero-order valence-corrected chi connectivity index (χ0v) is 18.7. The van der Waals surface area contributed by atoms with Crippen molar-refractivity contribution in [3.8, 4) is 10.9 Å². The second-order valence-corrected chi connectivity index (χ2v) is 8.39. The van der Waals surface area contributed by atoms with Gasteiger partial charge in [-0.25, -0.2) is 9.67 Å². The van der Waals surface area contributed by atoms with E-state index in [1.807, 2.05) is 53.9 Å². The first-order valence-electron chi connectivity index (χ1n) is 10.1. The molecule has 0 radical (unpaired) electrons. The number of anilines is 1. The predicted octanol–water partition coefficient (Wildman–Crippen LogP) is 3.15. The molecule has 0 saturated carbocycles. The number of aromatic nitrogens is 3. The van der Waals surface area contributed by atoms with Gasteiger partial charge in [-0.2, -0.15) is 5.10 Å². The number of hydrogen-bond acceptors (Lipinski definition) is 6. The summed E-state index contributed by atoms with van der Waals surface area (Å²) in [4.78, 5) is 21.8. The van der Waals surface area contributed by atoms with Crippen molar-refractivity contribution in [2.24, 2.45) is 0 Å². The maximum absolute atomic E-state index is 13.0. The van der Waals surface area contributed by atoms with Crippen LogP contribution in [0.2, 0.25) is 0 Å². The predicted molar refractivity (Wildman–Crippen MR) is 119 cm³/mol. The quantitative estimate of drug-likeness (QED) is 0.628. The Morgan fingerprint density at radius 2 is 1.87 bits per heavy atom. The Labute approximate surface area is 180 Å². The van der Waals surface area contributed by atoms with Gasteiger partial charge in [0.25, 0.3) is 0 Å². The number of hydrogen-bond donors (Lipinski definition) is 0. The molecule has 0 aliphatic carbocycles. The normalized spacial score (nSPS) is 14.3. The number of amides is 1. The number of ether oxygens (including phenoxy) is 1. The average molecular weight is 426 g/mol. The Hall–Kier alpha value is -2.87. The fraction of sp³-hybridized carbons (Fsp3) is 0.409. The highest BCUT2D eigenvalue weighted by Gasteiger charge is 2.25. The summed E-state index contributed by atoms with van der Waals surface area (Å²) in [6, 6.07) is 8.03. The van der Waals surface area contributed by atoms with Crippen molar-refractivity contribution < 1.29 is 9.53 Å². The number of thiazole rings is 1. The summed E-state index contributed by atoms with van der Waals surface area (Å²) in [7, 11) is 1.69. The number of piperazine rings is 1. The number of carbonyl (C=O) groups is 1. The minimum atomic E-state index is 0.149. The van der Waals surface area contributed by atoms with Crippen LogP contribution >= 0.6 is 11.3 Å². The maximum atomic E-state index is 13.0. The molecule has 0 unspecified atom stereocenters. The molecule has 0 spiro atoms. The Kier molecular flexibility index (Phi) is 5.76. The van der Waals surface area contributed by atoms with Gasteiger partial charge in [-0.1, -0.05) is 12.1 Å². The second kappa shape index (κ2) is 8.47. The van der Waals surface area contributed by atoms with Crippen molar-refractivity contribution >= 4 is 22.9 Å². The topological polar surface area (TPSA) is 63.5 Å². The number of benzene rings is 1. The number of methoxy groups -OCH3 is 1. The molecule has 1 aliphatic heterocycles. The summed E-state index contributed by atoms with van der Waals surface area (Å²) in [5.41, 5.74) is 4.94. The Balaban J connectivity index is 1.43. The van der Waals surface area contributed by atoms with Gasteiger partial charge >= 0.3 is 0 Å². The van der Waals surface area contributed by atoms with Gasteiger partial charge in [0, 0.05) is 42.8 Å². The largest absolute Gasteiger partial charge is 0.495 e. The lowest BCUT2D eigenvalue weighted by Gasteiger charge is -2.36. The summed E-state index contributed by atoms with van der Waals surface area (Å²) in [5, 5.41) is 7.49. The maximum Gasteiger partial charge on any atom is 0.227 e. The fourth-order valence-electron chi connectivity index (χ4n) is 3.91. The van der Waals surface area contributed by atoms with Crippen LogP contribution in [0.3, 0.4) is 0 Å². The first-order chi connectivity index (χ1) is 14.5. The molecule has 158 valence electrons. The van der Waals surface area contributed by atoms with E-state index in [9.17, 15) is 4.79 Å². The van der Waals surface area contributed by atoms with E-state index in [1.165, 1.54) is 0 Å². The molecular weight excluding hydrogens is 398 g/mol. The molecule has 3 heterocycles. The molecule has 0 atom stereocenters. The van der Waals surface area contributed by atoms with Crippen LogP contribution in [0, 0.1) is 20.8 Å². The lowest BCUT2D eigenvalue weighted by atomic mass is 10.1. The number of para-hydroxylation sites is 2.